The first-order chi connectivity index (χ1) is 11.9. The van der Waals surface area contributed by atoms with Gasteiger partial charge in [0, 0.05) is 0 Å². The number of esters is 1. The zero-order valence-electron chi connectivity index (χ0n) is 16.4. The molecule has 0 aromatic heterocycles. The predicted octanol–water partition coefficient (Wildman–Crippen LogP) is 4.36. The van der Waals surface area contributed by atoms with Crippen LogP contribution in [0.3, 0.4) is 0 Å². The zero-order valence-corrected chi connectivity index (χ0v) is 19.2. The molecule has 0 saturated heterocycles. The molecule has 0 aromatic carbocycles. The molecular formula is C19H36O5Sn. The van der Waals surface area contributed by atoms with Crippen LogP contribution in [0.25, 0.3) is 0 Å². The van der Waals surface area contributed by atoms with Gasteiger partial charge >= 0.3 is 158 Å². The third kappa shape index (κ3) is 12.4. The van der Waals surface area contributed by atoms with Gasteiger partial charge in [0.15, 0.2) is 0 Å². The van der Waals surface area contributed by atoms with Gasteiger partial charge in [-0.1, -0.05) is 0 Å². The third-order valence-corrected chi connectivity index (χ3v) is 16.7. The van der Waals surface area contributed by atoms with E-state index in [1.165, 1.54) is 13.0 Å². The van der Waals surface area contributed by atoms with E-state index in [1.807, 2.05) is 0 Å². The van der Waals surface area contributed by atoms with Crippen LogP contribution in [0.15, 0.2) is 12.2 Å². The van der Waals surface area contributed by atoms with Crippen molar-refractivity contribution < 1.29 is 22.5 Å². The summed E-state index contributed by atoms with van der Waals surface area (Å²) in [4.78, 5) is 23.8. The summed E-state index contributed by atoms with van der Waals surface area (Å²) in [6.07, 6.45) is 8.21. The number of hydrogen-bond donors (Lipinski definition) is 1. The molecule has 0 radical (unpaired) electrons. The van der Waals surface area contributed by atoms with Gasteiger partial charge < -0.3 is 0 Å². The second-order valence-corrected chi connectivity index (χ2v) is 18.3. The van der Waals surface area contributed by atoms with Gasteiger partial charge in [0.1, 0.15) is 0 Å². The van der Waals surface area contributed by atoms with Crippen LogP contribution in [0.2, 0.25) is 13.3 Å². The molecule has 0 aliphatic carbocycles. The molecule has 1 atom stereocenters. The first-order valence-corrected chi connectivity index (χ1v) is 16.9. The summed E-state index contributed by atoms with van der Waals surface area (Å²) in [7, 11) is 0. The third-order valence-electron chi connectivity index (χ3n) is 4.10. The average molecular weight is 463 g/mol. The number of hydrogen-bond acceptors (Lipinski definition) is 5. The summed E-state index contributed by atoms with van der Waals surface area (Å²) < 4.78 is 14.1. The number of unbranched alkanes of at least 4 members (excludes halogenated alkanes) is 3. The number of rotatable bonds is 14. The number of aliphatic hydroxyl groups is 1. The number of carbonyl (C=O) groups is 2. The van der Waals surface area contributed by atoms with Gasteiger partial charge in [-0.05, 0) is 0 Å². The van der Waals surface area contributed by atoms with Crippen LogP contribution in [0.4, 0.5) is 0 Å². The maximum atomic E-state index is 12.3. The van der Waals surface area contributed by atoms with Crippen molar-refractivity contribution in [2.75, 3.05) is 6.61 Å². The van der Waals surface area contributed by atoms with Crippen molar-refractivity contribution in [1.82, 2.24) is 0 Å². The van der Waals surface area contributed by atoms with Crippen molar-refractivity contribution in [3.63, 3.8) is 0 Å². The van der Waals surface area contributed by atoms with E-state index < -0.39 is 36.8 Å². The van der Waals surface area contributed by atoms with Gasteiger partial charge in [-0.3, -0.25) is 0 Å². The molecular weight excluding hydrogens is 427 g/mol. The van der Waals surface area contributed by atoms with E-state index in [4.69, 9.17) is 12.9 Å². The molecule has 0 bridgehead atoms. The summed E-state index contributed by atoms with van der Waals surface area (Å²) >= 11 is -2.99. The minimum atomic E-state index is -2.99. The summed E-state index contributed by atoms with van der Waals surface area (Å²) in [6, 6.07) is 0. The quantitative estimate of drug-likeness (QED) is 0.236. The normalized spacial score (nSPS) is 13.0. The SMILES string of the molecule is CCC[CH2][Sn]([CH2]CCC)([CH2]CCC)[O]C(=O)/C=C\C(=O)OCC(C)O. The molecule has 0 fully saturated rings. The Kier molecular flexibility index (Phi) is 14.3. The summed E-state index contributed by atoms with van der Waals surface area (Å²) in [5.41, 5.74) is 0. The Morgan fingerprint density at radius 2 is 1.36 bits per heavy atom. The molecule has 25 heavy (non-hydrogen) atoms. The van der Waals surface area contributed by atoms with Crippen molar-refractivity contribution in [3.8, 4) is 0 Å². The molecule has 1 unspecified atom stereocenters. The van der Waals surface area contributed by atoms with Crippen LogP contribution in [-0.4, -0.2) is 48.5 Å². The molecule has 0 aromatic rings. The van der Waals surface area contributed by atoms with Crippen molar-refractivity contribution in [1.29, 1.82) is 0 Å². The Hall–Kier alpha value is -0.561. The van der Waals surface area contributed by atoms with Crippen LogP contribution >= 0.6 is 0 Å². The van der Waals surface area contributed by atoms with Crippen LogP contribution in [0.5, 0.6) is 0 Å². The van der Waals surface area contributed by atoms with E-state index in [9.17, 15) is 9.59 Å². The summed E-state index contributed by atoms with van der Waals surface area (Å²) in [6.45, 7) is 7.94. The van der Waals surface area contributed by atoms with Gasteiger partial charge in [0.2, 0.25) is 0 Å². The van der Waals surface area contributed by atoms with E-state index in [-0.39, 0.29) is 6.61 Å². The minimum absolute atomic E-state index is 0.0785. The Morgan fingerprint density at radius 3 is 1.76 bits per heavy atom. The Morgan fingerprint density at radius 1 is 0.920 bits per heavy atom. The van der Waals surface area contributed by atoms with E-state index in [0.29, 0.717) is 0 Å². The first-order valence-electron chi connectivity index (χ1n) is 9.65. The molecule has 146 valence electrons. The predicted molar refractivity (Wildman–Crippen MR) is 103 cm³/mol. The standard InChI is InChI=1S/C7H10O5.3C4H9.Sn/c1-5(8)4-12-7(11)3-2-6(9)10;3*1-3-4-2;/h2-3,5,8H,4H2,1H3,(H,9,10);3*1,3-4H2,2H3;/q;;;;+1/p-1/b3-2-;;;;. The zero-order chi connectivity index (χ0) is 19.1. The van der Waals surface area contributed by atoms with Gasteiger partial charge in [-0.25, -0.2) is 0 Å². The number of aliphatic hydroxyl groups excluding tert-OH is 1. The number of ether oxygens (including phenoxy) is 1. The molecule has 0 rings (SSSR count). The fourth-order valence-electron chi connectivity index (χ4n) is 2.66. The average Bonchev–Trinajstić information content (AvgIpc) is 2.59. The molecule has 0 aliphatic rings. The fraction of sp³-hybridized carbons (Fsp3) is 0.789. The second-order valence-electron chi connectivity index (χ2n) is 6.73. The van der Waals surface area contributed by atoms with Crippen LogP contribution in [-0.2, 0) is 17.4 Å². The van der Waals surface area contributed by atoms with E-state index in [2.05, 4.69) is 20.8 Å². The number of carbonyl (C=O) groups excluding carboxylic acids is 2. The van der Waals surface area contributed by atoms with E-state index in [1.54, 1.807) is 0 Å². The van der Waals surface area contributed by atoms with Crippen molar-refractivity contribution in [2.24, 2.45) is 0 Å². The van der Waals surface area contributed by atoms with E-state index in [0.717, 1.165) is 57.9 Å². The molecule has 0 saturated carbocycles. The first kappa shape index (κ1) is 24.4. The molecule has 6 heteroatoms. The Bertz CT molecular complexity index is 385. The van der Waals surface area contributed by atoms with Crippen LogP contribution in [0, 0.1) is 0 Å². The summed E-state index contributed by atoms with van der Waals surface area (Å²) in [5, 5.41) is 9.09. The summed E-state index contributed by atoms with van der Waals surface area (Å²) in [5.74, 6) is -1.04. The van der Waals surface area contributed by atoms with E-state index >= 15 is 0 Å². The molecule has 5 nitrogen and oxygen atoms in total. The van der Waals surface area contributed by atoms with Gasteiger partial charge in [0.25, 0.3) is 0 Å². The van der Waals surface area contributed by atoms with Gasteiger partial charge in [-0.15, -0.1) is 0 Å². The fourth-order valence-corrected chi connectivity index (χ4v) is 15.6. The molecule has 0 heterocycles. The van der Waals surface area contributed by atoms with Crippen LogP contribution in [0.1, 0.15) is 66.2 Å². The maximum absolute atomic E-state index is 12.3. The topological polar surface area (TPSA) is 72.8 Å². The second kappa shape index (κ2) is 14.6. The Labute approximate surface area is 157 Å². The van der Waals surface area contributed by atoms with Crippen LogP contribution < -0.4 is 0 Å². The molecule has 0 amide bonds. The molecule has 0 aliphatic heterocycles. The van der Waals surface area contributed by atoms with Gasteiger partial charge in [0.05, 0.1) is 0 Å². The van der Waals surface area contributed by atoms with Crippen molar-refractivity contribution >= 4 is 30.7 Å². The monoisotopic (exact) mass is 464 g/mol. The van der Waals surface area contributed by atoms with Gasteiger partial charge in [-0.2, -0.15) is 0 Å². The van der Waals surface area contributed by atoms with Crippen molar-refractivity contribution in [3.05, 3.63) is 12.2 Å². The van der Waals surface area contributed by atoms with Crippen molar-refractivity contribution in [2.45, 2.75) is 85.6 Å². The Balaban J connectivity index is 4.87. The molecule has 1 N–H and O–H groups in total. The molecule has 0 spiro atoms.